The molecule has 3 N–H and O–H groups in total. The monoisotopic (exact) mass is 452 g/mol. The molecular formula is C20H25IN2O2. The number of carbonyl (C=O) groups is 2. The predicted octanol–water partition coefficient (Wildman–Crippen LogP) is 3.02. The van der Waals surface area contributed by atoms with Gasteiger partial charge in [-0.05, 0) is 96.6 Å². The fourth-order valence-corrected chi connectivity index (χ4v) is 6.43. The van der Waals surface area contributed by atoms with Crippen molar-refractivity contribution < 1.29 is 9.59 Å². The van der Waals surface area contributed by atoms with Crippen molar-refractivity contribution >= 4 is 34.4 Å². The molecule has 1 aromatic rings. The third kappa shape index (κ3) is 3.44. The number of rotatable bonds is 5. The van der Waals surface area contributed by atoms with E-state index in [0.717, 1.165) is 28.4 Å². The second kappa shape index (κ2) is 6.56. The average molecular weight is 452 g/mol. The SMILES string of the molecule is NC(=O)[C@H](Cc1cccc(I)c1)NC(=O)C12CC3CC(CC(C3)C1)C2. The first-order chi connectivity index (χ1) is 11.9. The Balaban J connectivity index is 1.49. The molecule has 2 amide bonds. The summed E-state index contributed by atoms with van der Waals surface area (Å²) in [6.07, 6.45) is 7.36. The van der Waals surface area contributed by atoms with E-state index in [2.05, 4.69) is 27.9 Å². The lowest BCUT2D eigenvalue weighted by Gasteiger charge is -2.55. The lowest BCUT2D eigenvalue weighted by atomic mass is 9.49. The molecule has 4 saturated carbocycles. The van der Waals surface area contributed by atoms with Crippen LogP contribution in [0, 0.1) is 26.7 Å². The average Bonchev–Trinajstić information content (AvgIpc) is 2.52. The molecule has 4 bridgehead atoms. The number of benzene rings is 1. The van der Waals surface area contributed by atoms with Crippen LogP contribution in [0.3, 0.4) is 0 Å². The fraction of sp³-hybridized carbons (Fsp3) is 0.600. The van der Waals surface area contributed by atoms with Gasteiger partial charge >= 0.3 is 0 Å². The highest BCUT2D eigenvalue weighted by Gasteiger charge is 2.54. The van der Waals surface area contributed by atoms with Gasteiger partial charge < -0.3 is 11.1 Å². The Bertz CT molecular complexity index is 667. The third-order valence-corrected chi connectivity index (χ3v) is 7.17. The van der Waals surface area contributed by atoms with Crippen LogP contribution in [0.2, 0.25) is 0 Å². The van der Waals surface area contributed by atoms with Gasteiger partial charge in [0.05, 0.1) is 0 Å². The van der Waals surface area contributed by atoms with Crippen LogP contribution in [0.25, 0.3) is 0 Å². The number of nitrogens with one attached hydrogen (secondary N) is 1. The van der Waals surface area contributed by atoms with E-state index in [4.69, 9.17) is 5.73 Å². The van der Waals surface area contributed by atoms with Gasteiger partial charge in [-0.25, -0.2) is 0 Å². The summed E-state index contributed by atoms with van der Waals surface area (Å²) in [7, 11) is 0. The molecular weight excluding hydrogens is 427 g/mol. The molecule has 1 atom stereocenters. The standard InChI is InChI=1S/C20H25IN2O2/c21-16-3-1-2-12(7-16)8-17(18(22)24)23-19(25)20-9-13-4-14(10-20)6-15(5-13)11-20/h1-3,7,13-15,17H,4-6,8-11H2,(H2,22,24)(H,23,25)/t13?,14?,15?,17-,20?/m0/s1. The van der Waals surface area contributed by atoms with Gasteiger partial charge in [0.15, 0.2) is 0 Å². The summed E-state index contributed by atoms with van der Waals surface area (Å²) in [4.78, 5) is 25.1. The molecule has 5 heteroatoms. The number of halogens is 1. The van der Waals surface area contributed by atoms with Crippen LogP contribution >= 0.6 is 22.6 Å². The summed E-state index contributed by atoms with van der Waals surface area (Å²) in [5.74, 6) is 1.75. The van der Waals surface area contributed by atoms with E-state index >= 15 is 0 Å². The topological polar surface area (TPSA) is 72.2 Å². The Labute approximate surface area is 162 Å². The zero-order valence-corrected chi connectivity index (χ0v) is 16.5. The normalized spacial score (nSPS) is 33.9. The summed E-state index contributed by atoms with van der Waals surface area (Å²) in [6.45, 7) is 0. The second-order valence-corrected chi connectivity index (χ2v) is 9.71. The van der Waals surface area contributed by atoms with E-state index in [0.29, 0.717) is 24.2 Å². The minimum absolute atomic E-state index is 0.0704. The number of hydrogen-bond acceptors (Lipinski definition) is 2. The highest BCUT2D eigenvalue weighted by atomic mass is 127. The molecule has 0 saturated heterocycles. The van der Waals surface area contributed by atoms with E-state index in [-0.39, 0.29) is 11.3 Å². The van der Waals surface area contributed by atoms with Crippen molar-refractivity contribution in [3.8, 4) is 0 Å². The van der Waals surface area contributed by atoms with Crippen LogP contribution in [-0.2, 0) is 16.0 Å². The van der Waals surface area contributed by atoms with Crippen molar-refractivity contribution in [2.24, 2.45) is 28.9 Å². The van der Waals surface area contributed by atoms with Crippen molar-refractivity contribution in [1.82, 2.24) is 5.32 Å². The lowest BCUT2D eigenvalue weighted by molar-refractivity contribution is -0.148. The van der Waals surface area contributed by atoms with Gasteiger partial charge in [0.25, 0.3) is 0 Å². The van der Waals surface area contributed by atoms with Gasteiger partial charge in [-0.1, -0.05) is 12.1 Å². The van der Waals surface area contributed by atoms with Crippen molar-refractivity contribution in [3.63, 3.8) is 0 Å². The molecule has 1 aromatic carbocycles. The Morgan fingerprint density at radius 1 is 1.16 bits per heavy atom. The maximum atomic E-state index is 13.1. The molecule has 0 radical (unpaired) electrons. The van der Waals surface area contributed by atoms with E-state index in [9.17, 15) is 9.59 Å². The van der Waals surface area contributed by atoms with Gasteiger partial charge in [-0.15, -0.1) is 0 Å². The van der Waals surface area contributed by atoms with Gasteiger partial charge in [-0.3, -0.25) is 9.59 Å². The zero-order valence-electron chi connectivity index (χ0n) is 14.3. The largest absolute Gasteiger partial charge is 0.368 e. The molecule has 0 heterocycles. The van der Waals surface area contributed by atoms with E-state index < -0.39 is 11.9 Å². The number of nitrogens with two attached hydrogens (primary N) is 1. The zero-order chi connectivity index (χ0) is 17.6. The number of amides is 2. The van der Waals surface area contributed by atoms with Gasteiger partial charge in [0.1, 0.15) is 6.04 Å². The first-order valence-corrected chi connectivity index (χ1v) is 10.4. The lowest BCUT2D eigenvalue weighted by Crippen LogP contribution is -2.57. The Morgan fingerprint density at radius 3 is 2.28 bits per heavy atom. The van der Waals surface area contributed by atoms with Crippen molar-refractivity contribution in [1.29, 1.82) is 0 Å². The third-order valence-electron chi connectivity index (χ3n) is 6.50. The van der Waals surface area contributed by atoms with Crippen LogP contribution in [0.5, 0.6) is 0 Å². The molecule has 0 aliphatic heterocycles. The Hall–Kier alpha value is -1.11. The highest BCUT2D eigenvalue weighted by Crippen LogP contribution is 2.60. The van der Waals surface area contributed by atoms with Crippen LogP contribution in [0.1, 0.15) is 44.1 Å². The van der Waals surface area contributed by atoms with E-state index in [1.807, 2.05) is 24.3 Å². The van der Waals surface area contributed by atoms with E-state index in [1.165, 1.54) is 19.3 Å². The number of primary amides is 1. The maximum absolute atomic E-state index is 13.1. The smallest absolute Gasteiger partial charge is 0.240 e. The Morgan fingerprint density at radius 2 is 1.76 bits per heavy atom. The minimum Gasteiger partial charge on any atom is -0.368 e. The van der Waals surface area contributed by atoms with Gasteiger partial charge in [0.2, 0.25) is 11.8 Å². The summed E-state index contributed by atoms with van der Waals surface area (Å²) in [5, 5.41) is 3.03. The summed E-state index contributed by atoms with van der Waals surface area (Å²) < 4.78 is 1.12. The minimum atomic E-state index is -0.626. The van der Waals surface area contributed by atoms with Gasteiger partial charge in [-0.2, -0.15) is 0 Å². The second-order valence-electron chi connectivity index (χ2n) is 8.46. The number of hydrogen-bond donors (Lipinski definition) is 2. The highest BCUT2D eigenvalue weighted by molar-refractivity contribution is 14.1. The first kappa shape index (κ1) is 17.3. The Kier molecular flexibility index (Phi) is 4.54. The molecule has 134 valence electrons. The molecule has 25 heavy (non-hydrogen) atoms. The predicted molar refractivity (Wildman–Crippen MR) is 105 cm³/mol. The molecule has 4 aliphatic carbocycles. The van der Waals surface area contributed by atoms with Crippen LogP contribution in [0.4, 0.5) is 0 Å². The summed E-state index contributed by atoms with van der Waals surface area (Å²) >= 11 is 2.25. The van der Waals surface area contributed by atoms with Crippen molar-refractivity contribution in [2.45, 2.75) is 51.0 Å². The summed E-state index contributed by atoms with van der Waals surface area (Å²) in [5.41, 5.74) is 6.39. The fourth-order valence-electron chi connectivity index (χ4n) is 5.82. The van der Waals surface area contributed by atoms with Crippen molar-refractivity contribution in [2.75, 3.05) is 0 Å². The molecule has 0 aromatic heterocycles. The molecule has 0 spiro atoms. The van der Waals surface area contributed by atoms with E-state index in [1.54, 1.807) is 0 Å². The molecule has 4 nitrogen and oxygen atoms in total. The van der Waals surface area contributed by atoms with Gasteiger partial charge in [0, 0.05) is 15.4 Å². The molecule has 4 fully saturated rings. The quantitative estimate of drug-likeness (QED) is 0.675. The maximum Gasteiger partial charge on any atom is 0.240 e. The first-order valence-electron chi connectivity index (χ1n) is 9.28. The number of carbonyl (C=O) groups excluding carboxylic acids is 2. The molecule has 0 unspecified atom stereocenters. The van der Waals surface area contributed by atoms with Crippen molar-refractivity contribution in [3.05, 3.63) is 33.4 Å². The van der Waals surface area contributed by atoms with Crippen LogP contribution < -0.4 is 11.1 Å². The van der Waals surface area contributed by atoms with Crippen LogP contribution in [-0.4, -0.2) is 17.9 Å². The van der Waals surface area contributed by atoms with Crippen LogP contribution in [0.15, 0.2) is 24.3 Å². The molecule has 4 aliphatic rings. The summed E-state index contributed by atoms with van der Waals surface area (Å²) in [6, 6.07) is 7.37. The molecule has 5 rings (SSSR count).